The van der Waals surface area contributed by atoms with Crippen molar-refractivity contribution in [3.8, 4) is 22.8 Å². The number of aryl methyl sites for hydroxylation is 1. The zero-order valence-electron chi connectivity index (χ0n) is 15.0. The monoisotopic (exact) mass is 365 g/mol. The summed E-state index contributed by atoms with van der Waals surface area (Å²) in [7, 11) is 5.50. The average Bonchev–Trinajstić information content (AvgIpc) is 2.68. The van der Waals surface area contributed by atoms with Crippen LogP contribution in [0.3, 0.4) is 0 Å². The Morgan fingerprint density at radius 1 is 0.692 bits per heavy atom. The molecule has 0 aliphatic carbocycles. The van der Waals surface area contributed by atoms with Gasteiger partial charge in [-0.1, -0.05) is 12.1 Å². The first kappa shape index (κ1) is 18.0. The molecule has 0 aliphatic heterocycles. The van der Waals surface area contributed by atoms with Gasteiger partial charge in [0.25, 0.3) is 0 Å². The molecule has 26 heavy (non-hydrogen) atoms. The van der Waals surface area contributed by atoms with E-state index < -0.39 is 0 Å². The first-order valence-electron chi connectivity index (χ1n) is 8.26. The molecule has 4 rings (SSSR count). The second kappa shape index (κ2) is 7.22. The van der Waals surface area contributed by atoms with Gasteiger partial charge in [0.15, 0.2) is 0 Å². The molecule has 0 saturated carbocycles. The Bertz CT molecular complexity index is 1070. The summed E-state index contributed by atoms with van der Waals surface area (Å²) in [5, 5.41) is 3.63. The van der Waals surface area contributed by atoms with E-state index >= 15 is 0 Å². The molecule has 3 nitrogen and oxygen atoms in total. The van der Waals surface area contributed by atoms with Gasteiger partial charge in [-0.25, -0.2) is 0 Å². The van der Waals surface area contributed by atoms with E-state index in [1.54, 1.807) is 14.2 Å². The summed E-state index contributed by atoms with van der Waals surface area (Å²) in [6.45, 7) is 0. The van der Waals surface area contributed by atoms with Crippen LogP contribution < -0.4 is 26.4 Å². The van der Waals surface area contributed by atoms with E-state index in [2.05, 4.69) is 60.1 Å². The van der Waals surface area contributed by atoms with Crippen LogP contribution in [0.5, 0.6) is 11.5 Å². The number of rotatable bonds is 3. The molecule has 0 atom stereocenters. The quantitative estimate of drug-likeness (QED) is 0.405. The van der Waals surface area contributed by atoms with E-state index in [1.165, 1.54) is 21.7 Å². The predicted molar refractivity (Wildman–Crippen MR) is 101 cm³/mol. The molecule has 4 aromatic rings. The summed E-state index contributed by atoms with van der Waals surface area (Å²) in [6.07, 6.45) is 0. The smallest absolute Gasteiger partial charge is 0.220 e. The molecular weight excluding hydrogens is 346 g/mol. The second-order valence-corrected chi connectivity index (χ2v) is 6.06. The van der Waals surface area contributed by atoms with Crippen molar-refractivity contribution < 1.29 is 26.4 Å². The molecule has 0 saturated heterocycles. The number of para-hydroxylation sites is 1. The van der Waals surface area contributed by atoms with E-state index in [0.29, 0.717) is 0 Å². The summed E-state index contributed by atoms with van der Waals surface area (Å²) in [5.74, 6) is 1.71. The Hall–Kier alpha value is -2.78. The van der Waals surface area contributed by atoms with Crippen molar-refractivity contribution in [1.82, 2.24) is 0 Å². The van der Waals surface area contributed by atoms with Crippen molar-refractivity contribution in [2.24, 2.45) is 7.05 Å². The summed E-state index contributed by atoms with van der Waals surface area (Å²) in [4.78, 5) is 0. The first-order valence-corrected chi connectivity index (χ1v) is 8.26. The van der Waals surface area contributed by atoms with Gasteiger partial charge in [0, 0.05) is 17.0 Å². The Morgan fingerprint density at radius 3 is 2.04 bits per heavy atom. The third kappa shape index (κ3) is 2.85. The predicted octanol–water partition coefficient (Wildman–Crippen LogP) is 1.51. The molecule has 0 radical (unpaired) electrons. The molecule has 0 bridgehead atoms. The van der Waals surface area contributed by atoms with Crippen LogP contribution in [0, 0.1) is 0 Å². The van der Waals surface area contributed by atoms with Crippen LogP contribution in [-0.2, 0) is 7.05 Å². The summed E-state index contributed by atoms with van der Waals surface area (Å²) < 4.78 is 13.0. The van der Waals surface area contributed by atoms with Crippen molar-refractivity contribution in [2.45, 2.75) is 0 Å². The van der Waals surface area contributed by atoms with Crippen LogP contribution in [0.25, 0.3) is 32.9 Å². The van der Waals surface area contributed by atoms with Gasteiger partial charge in [-0.3, -0.25) is 0 Å². The minimum atomic E-state index is 0. The summed E-state index contributed by atoms with van der Waals surface area (Å²) in [5.41, 5.74) is 3.51. The highest BCUT2D eigenvalue weighted by atomic mass is 35.5. The molecule has 132 valence electrons. The van der Waals surface area contributed by atoms with Gasteiger partial charge in [-0.05, 0) is 48.5 Å². The van der Waals surface area contributed by atoms with E-state index in [4.69, 9.17) is 9.47 Å². The standard InChI is InChI=1S/C22H20NO2.ClH/c1-23-21-7-5-4-6-19(21)18-13-12-17(25-3)14-20(18)22(23)15-8-10-16(24-2)11-9-15;/h4-14H,1-3H3;1H/q+1;/p-1. The fourth-order valence-electron chi connectivity index (χ4n) is 3.47. The van der Waals surface area contributed by atoms with E-state index in [1.807, 2.05) is 18.2 Å². The number of halogens is 1. The lowest BCUT2D eigenvalue weighted by Crippen LogP contribution is -3.00. The molecule has 0 N–H and O–H groups in total. The highest BCUT2D eigenvalue weighted by Crippen LogP contribution is 2.33. The lowest BCUT2D eigenvalue weighted by atomic mass is 9.99. The molecule has 0 aliphatic rings. The molecular formula is C22H20ClNO2. The molecule has 0 fully saturated rings. The number of nitrogens with zero attached hydrogens (tertiary/aromatic N) is 1. The normalized spacial score (nSPS) is 10.6. The number of ether oxygens (including phenoxy) is 2. The third-order valence-electron chi connectivity index (χ3n) is 4.74. The lowest BCUT2D eigenvalue weighted by Gasteiger charge is -2.11. The number of aromatic nitrogens is 1. The number of pyridine rings is 1. The van der Waals surface area contributed by atoms with E-state index in [-0.39, 0.29) is 12.4 Å². The Morgan fingerprint density at radius 2 is 1.35 bits per heavy atom. The molecule has 1 heterocycles. The van der Waals surface area contributed by atoms with Crippen molar-refractivity contribution >= 4 is 21.7 Å². The summed E-state index contributed by atoms with van der Waals surface area (Å²) >= 11 is 0. The minimum Gasteiger partial charge on any atom is -1.00 e. The first-order chi connectivity index (χ1) is 12.2. The van der Waals surface area contributed by atoms with Crippen LogP contribution in [0.2, 0.25) is 0 Å². The lowest BCUT2D eigenvalue weighted by molar-refractivity contribution is -0.632. The molecule has 0 spiro atoms. The zero-order valence-corrected chi connectivity index (χ0v) is 15.7. The number of benzene rings is 3. The van der Waals surface area contributed by atoms with Gasteiger partial charge >= 0.3 is 0 Å². The maximum atomic E-state index is 5.47. The number of methoxy groups -OCH3 is 2. The Balaban J connectivity index is 0.00000196. The van der Waals surface area contributed by atoms with Gasteiger partial charge in [-0.2, -0.15) is 4.57 Å². The summed E-state index contributed by atoms with van der Waals surface area (Å²) in [6, 6.07) is 23.0. The van der Waals surface area contributed by atoms with Crippen molar-refractivity contribution in [1.29, 1.82) is 0 Å². The van der Waals surface area contributed by atoms with Crippen LogP contribution >= 0.6 is 0 Å². The number of hydrogen-bond acceptors (Lipinski definition) is 2. The SMILES string of the molecule is COc1ccc(-c2c3cc(OC)ccc3c3ccccc3[n+]2C)cc1.[Cl-]. The van der Waals surface area contributed by atoms with Crippen molar-refractivity contribution in [3.63, 3.8) is 0 Å². The highest BCUT2D eigenvalue weighted by Gasteiger charge is 2.20. The van der Waals surface area contributed by atoms with Crippen LogP contribution in [0.15, 0.2) is 66.7 Å². The fraction of sp³-hybridized carbons (Fsp3) is 0.136. The zero-order chi connectivity index (χ0) is 17.4. The number of hydrogen-bond donors (Lipinski definition) is 0. The van der Waals surface area contributed by atoms with Gasteiger partial charge in [0.2, 0.25) is 11.2 Å². The molecule has 0 amide bonds. The Labute approximate surface area is 159 Å². The fourth-order valence-corrected chi connectivity index (χ4v) is 3.47. The highest BCUT2D eigenvalue weighted by molar-refractivity contribution is 6.09. The maximum absolute atomic E-state index is 5.47. The number of fused-ring (bicyclic) bond motifs is 3. The maximum Gasteiger partial charge on any atom is 0.220 e. The van der Waals surface area contributed by atoms with Gasteiger partial charge in [-0.15, -0.1) is 0 Å². The minimum absolute atomic E-state index is 0. The van der Waals surface area contributed by atoms with Gasteiger partial charge in [0.1, 0.15) is 18.5 Å². The van der Waals surface area contributed by atoms with Gasteiger partial charge < -0.3 is 21.9 Å². The van der Waals surface area contributed by atoms with Crippen molar-refractivity contribution in [2.75, 3.05) is 14.2 Å². The van der Waals surface area contributed by atoms with Gasteiger partial charge in [0.05, 0.1) is 25.0 Å². The van der Waals surface area contributed by atoms with Crippen LogP contribution in [0.1, 0.15) is 0 Å². The van der Waals surface area contributed by atoms with Crippen LogP contribution in [-0.4, -0.2) is 14.2 Å². The molecule has 1 aromatic heterocycles. The molecule has 0 unspecified atom stereocenters. The molecule has 3 aromatic carbocycles. The average molecular weight is 366 g/mol. The Kier molecular flexibility index (Phi) is 5.01. The van der Waals surface area contributed by atoms with E-state index in [9.17, 15) is 0 Å². The van der Waals surface area contributed by atoms with E-state index in [0.717, 1.165) is 22.8 Å². The van der Waals surface area contributed by atoms with Crippen LogP contribution in [0.4, 0.5) is 0 Å². The second-order valence-electron chi connectivity index (χ2n) is 6.06. The molecule has 4 heteroatoms. The van der Waals surface area contributed by atoms with Crippen molar-refractivity contribution in [3.05, 3.63) is 66.7 Å². The largest absolute Gasteiger partial charge is 1.00 e. The topological polar surface area (TPSA) is 22.3 Å². The third-order valence-corrected chi connectivity index (χ3v) is 4.74.